The standard InChI is InChI=1S/C24H31NO5/c1-14-15(2)23(27)30-21-16(3)20(9-8-19(14)21)29-17(4)22(26)25-12-11-24(28)10-6-5-7-18(24)13-25/h8-9,17-18,28H,5-7,10-13H2,1-4H3/t17-,18+,24+/m0/s1. The van der Waals surface area contributed by atoms with E-state index < -0.39 is 11.7 Å². The lowest BCUT2D eigenvalue weighted by atomic mass is 9.71. The zero-order valence-electron chi connectivity index (χ0n) is 18.3. The highest BCUT2D eigenvalue weighted by Gasteiger charge is 2.44. The van der Waals surface area contributed by atoms with Gasteiger partial charge in [0.05, 0.1) is 5.60 Å². The molecule has 1 saturated heterocycles. The number of aryl methyl sites for hydroxylation is 2. The summed E-state index contributed by atoms with van der Waals surface area (Å²) in [5.41, 5.74) is 1.76. The van der Waals surface area contributed by atoms with Gasteiger partial charge in [0.1, 0.15) is 11.3 Å². The van der Waals surface area contributed by atoms with Crippen molar-refractivity contribution in [2.45, 2.75) is 71.5 Å². The number of hydrogen-bond donors (Lipinski definition) is 1. The Kier molecular flexibility index (Phi) is 5.39. The maximum Gasteiger partial charge on any atom is 0.339 e. The van der Waals surface area contributed by atoms with Crippen molar-refractivity contribution in [1.29, 1.82) is 0 Å². The third-order valence-corrected chi connectivity index (χ3v) is 7.21. The van der Waals surface area contributed by atoms with Crippen molar-refractivity contribution in [2.75, 3.05) is 13.1 Å². The monoisotopic (exact) mass is 413 g/mol. The maximum atomic E-state index is 13.1. The van der Waals surface area contributed by atoms with Crippen LogP contribution in [0, 0.1) is 26.7 Å². The van der Waals surface area contributed by atoms with Gasteiger partial charge in [0.25, 0.3) is 5.91 Å². The van der Waals surface area contributed by atoms with Gasteiger partial charge in [0, 0.05) is 35.5 Å². The molecule has 1 N–H and O–H groups in total. The predicted molar refractivity (Wildman–Crippen MR) is 115 cm³/mol. The molecule has 6 nitrogen and oxygen atoms in total. The minimum Gasteiger partial charge on any atom is -0.480 e. The summed E-state index contributed by atoms with van der Waals surface area (Å²) in [5.74, 6) is 0.628. The van der Waals surface area contributed by atoms with Crippen LogP contribution in [0.5, 0.6) is 5.75 Å². The lowest BCUT2D eigenvalue weighted by Gasteiger charge is -2.47. The molecule has 1 aromatic heterocycles. The lowest BCUT2D eigenvalue weighted by molar-refractivity contribution is -0.149. The summed E-state index contributed by atoms with van der Waals surface area (Å²) in [7, 11) is 0. The van der Waals surface area contributed by atoms with Crippen LogP contribution in [0.2, 0.25) is 0 Å². The van der Waals surface area contributed by atoms with Crippen molar-refractivity contribution in [3.05, 3.63) is 39.2 Å². The van der Waals surface area contributed by atoms with Gasteiger partial charge >= 0.3 is 5.63 Å². The van der Waals surface area contributed by atoms with Crippen molar-refractivity contribution in [3.63, 3.8) is 0 Å². The normalized spacial score (nSPS) is 25.1. The molecule has 1 saturated carbocycles. The molecule has 2 fully saturated rings. The Labute approximate surface area is 176 Å². The number of nitrogens with zero attached hydrogens (tertiary/aromatic N) is 1. The SMILES string of the molecule is Cc1c(C)c2ccc(O[C@@H](C)C(=O)N3CC[C@]4(O)CCCC[C@@H]4C3)c(C)c2oc1=O. The summed E-state index contributed by atoms with van der Waals surface area (Å²) in [6.07, 6.45) is 3.96. The van der Waals surface area contributed by atoms with E-state index in [1.54, 1.807) is 13.8 Å². The van der Waals surface area contributed by atoms with Crippen molar-refractivity contribution in [1.82, 2.24) is 4.90 Å². The van der Waals surface area contributed by atoms with Gasteiger partial charge in [0.2, 0.25) is 0 Å². The number of benzene rings is 1. The predicted octanol–water partition coefficient (Wildman–Crippen LogP) is 3.64. The van der Waals surface area contributed by atoms with Crippen LogP contribution >= 0.6 is 0 Å². The molecule has 1 aliphatic carbocycles. The molecule has 0 unspecified atom stereocenters. The van der Waals surface area contributed by atoms with Gasteiger partial charge in [-0.15, -0.1) is 0 Å². The summed E-state index contributed by atoms with van der Waals surface area (Å²) in [6, 6.07) is 3.72. The van der Waals surface area contributed by atoms with Gasteiger partial charge in [0.15, 0.2) is 6.10 Å². The van der Waals surface area contributed by atoms with Gasteiger partial charge in [-0.1, -0.05) is 12.8 Å². The maximum absolute atomic E-state index is 13.1. The number of piperidine rings is 1. The summed E-state index contributed by atoms with van der Waals surface area (Å²) < 4.78 is 11.5. The molecule has 3 atom stereocenters. The molecular formula is C24H31NO5. The number of carbonyl (C=O) groups excluding carboxylic acids is 1. The van der Waals surface area contributed by atoms with Gasteiger partial charge in [-0.2, -0.15) is 0 Å². The van der Waals surface area contributed by atoms with Gasteiger partial charge < -0.3 is 19.2 Å². The highest BCUT2D eigenvalue weighted by Crippen LogP contribution is 2.40. The molecule has 1 aromatic carbocycles. The van der Waals surface area contributed by atoms with Crippen LogP contribution in [0.25, 0.3) is 11.0 Å². The van der Waals surface area contributed by atoms with Crippen LogP contribution in [-0.4, -0.2) is 40.7 Å². The molecule has 1 amide bonds. The van der Waals surface area contributed by atoms with Crippen LogP contribution in [-0.2, 0) is 4.79 Å². The Morgan fingerprint density at radius 1 is 1.20 bits per heavy atom. The van der Waals surface area contributed by atoms with E-state index in [-0.39, 0.29) is 17.5 Å². The van der Waals surface area contributed by atoms with Crippen LogP contribution in [0.1, 0.15) is 55.7 Å². The number of likely N-dealkylation sites (tertiary alicyclic amines) is 1. The number of aliphatic hydroxyl groups is 1. The van der Waals surface area contributed by atoms with E-state index in [2.05, 4.69) is 0 Å². The molecule has 6 heteroatoms. The molecule has 0 radical (unpaired) electrons. The number of amides is 1. The molecule has 0 spiro atoms. The average Bonchev–Trinajstić information content (AvgIpc) is 2.73. The number of rotatable bonds is 3. The lowest BCUT2D eigenvalue weighted by Crippen LogP contribution is -2.56. The Morgan fingerprint density at radius 2 is 1.97 bits per heavy atom. The molecule has 30 heavy (non-hydrogen) atoms. The van der Waals surface area contributed by atoms with Crippen molar-refractivity contribution in [3.8, 4) is 5.75 Å². The summed E-state index contributed by atoms with van der Waals surface area (Å²) in [6.45, 7) is 8.41. The van der Waals surface area contributed by atoms with Gasteiger partial charge in [-0.3, -0.25) is 4.79 Å². The van der Waals surface area contributed by atoms with Crippen LogP contribution in [0.3, 0.4) is 0 Å². The van der Waals surface area contributed by atoms with Crippen molar-refractivity contribution >= 4 is 16.9 Å². The smallest absolute Gasteiger partial charge is 0.339 e. The van der Waals surface area contributed by atoms with Gasteiger partial charge in [-0.05, 0) is 64.7 Å². The fourth-order valence-corrected chi connectivity index (χ4v) is 5.02. The van der Waals surface area contributed by atoms with Crippen LogP contribution < -0.4 is 10.4 Å². The van der Waals surface area contributed by atoms with Gasteiger partial charge in [-0.25, -0.2) is 4.79 Å². The molecule has 2 heterocycles. The zero-order valence-corrected chi connectivity index (χ0v) is 18.3. The minimum atomic E-state index is -0.658. The summed E-state index contributed by atoms with van der Waals surface area (Å²) >= 11 is 0. The molecular weight excluding hydrogens is 382 g/mol. The average molecular weight is 414 g/mol. The number of ether oxygens (including phenoxy) is 1. The van der Waals surface area contributed by atoms with E-state index in [9.17, 15) is 14.7 Å². The highest BCUT2D eigenvalue weighted by molar-refractivity contribution is 5.86. The van der Waals surface area contributed by atoms with E-state index in [0.717, 1.165) is 36.6 Å². The fraction of sp³-hybridized carbons (Fsp3) is 0.583. The van der Waals surface area contributed by atoms with Crippen LogP contribution in [0.4, 0.5) is 0 Å². The Morgan fingerprint density at radius 3 is 2.73 bits per heavy atom. The molecule has 1 aliphatic heterocycles. The Balaban J connectivity index is 1.52. The van der Waals surface area contributed by atoms with Crippen molar-refractivity contribution < 1.29 is 19.1 Å². The molecule has 2 aromatic rings. The third kappa shape index (κ3) is 3.51. The van der Waals surface area contributed by atoms with E-state index in [4.69, 9.17) is 9.15 Å². The molecule has 4 rings (SSSR count). The third-order valence-electron chi connectivity index (χ3n) is 7.21. The number of hydrogen-bond acceptors (Lipinski definition) is 5. The van der Waals surface area contributed by atoms with Crippen molar-refractivity contribution in [2.24, 2.45) is 5.92 Å². The first-order chi connectivity index (χ1) is 14.2. The van der Waals surface area contributed by atoms with E-state index >= 15 is 0 Å². The Hall–Kier alpha value is -2.34. The number of fused-ring (bicyclic) bond motifs is 2. The second-order valence-electron chi connectivity index (χ2n) is 9.05. The number of carbonyl (C=O) groups is 1. The van der Waals surface area contributed by atoms with E-state index in [1.165, 1.54) is 0 Å². The first-order valence-corrected chi connectivity index (χ1v) is 10.9. The summed E-state index contributed by atoms with van der Waals surface area (Å²) in [5, 5.41) is 11.7. The quantitative estimate of drug-likeness (QED) is 0.777. The Bertz CT molecular complexity index is 1040. The zero-order chi connectivity index (χ0) is 21.6. The highest BCUT2D eigenvalue weighted by atomic mass is 16.5. The second kappa shape index (κ2) is 7.73. The van der Waals surface area contributed by atoms with Crippen LogP contribution in [0.15, 0.2) is 21.3 Å². The summed E-state index contributed by atoms with van der Waals surface area (Å²) in [4.78, 5) is 27.0. The molecule has 2 aliphatic rings. The van der Waals surface area contributed by atoms with E-state index in [1.807, 2.05) is 30.9 Å². The minimum absolute atomic E-state index is 0.0661. The fourth-order valence-electron chi connectivity index (χ4n) is 5.02. The topological polar surface area (TPSA) is 80.0 Å². The largest absolute Gasteiger partial charge is 0.480 e. The molecule has 162 valence electrons. The molecule has 0 bridgehead atoms. The first kappa shape index (κ1) is 20.9. The second-order valence-corrected chi connectivity index (χ2v) is 9.05. The first-order valence-electron chi connectivity index (χ1n) is 10.9. The van der Waals surface area contributed by atoms with E-state index in [0.29, 0.717) is 42.0 Å².